The minimum atomic E-state index is 0.828. The maximum Gasteiger partial charge on any atom is 0.0629 e. The van der Waals surface area contributed by atoms with Crippen LogP contribution in [0.15, 0.2) is 21.7 Å². The Hall–Kier alpha value is -0.220. The van der Waals surface area contributed by atoms with E-state index in [9.17, 15) is 0 Å². The molecule has 2 rings (SSSR count). The van der Waals surface area contributed by atoms with Gasteiger partial charge in [0.05, 0.1) is 17.1 Å². The molecule has 0 atom stereocenters. The Balaban J connectivity index is 2.42. The van der Waals surface area contributed by atoms with E-state index >= 15 is 0 Å². The van der Waals surface area contributed by atoms with E-state index < -0.39 is 0 Å². The van der Waals surface area contributed by atoms with Gasteiger partial charge in [0.15, 0.2) is 0 Å². The van der Waals surface area contributed by atoms with E-state index in [-0.39, 0.29) is 0 Å². The molecule has 0 unspecified atom stereocenters. The molecule has 2 heterocycles. The Kier molecular flexibility index (Phi) is 1.16. The van der Waals surface area contributed by atoms with Crippen LogP contribution in [0, 0.1) is 0 Å². The molecule has 0 spiro atoms. The number of nitrogens with one attached hydrogen (secondary N) is 1. The van der Waals surface area contributed by atoms with E-state index in [2.05, 4.69) is 10.7 Å². The number of hydrogen-bond donors (Lipinski definition) is 2. The van der Waals surface area contributed by atoms with Crippen LogP contribution >= 0.6 is 21.6 Å². The summed E-state index contributed by atoms with van der Waals surface area (Å²) in [4.78, 5) is 1.24. The normalized spacial score (nSPS) is 23.8. The molecule has 0 fully saturated rings. The molecule has 0 aromatic rings. The van der Waals surface area contributed by atoms with Gasteiger partial charge in [-0.3, -0.25) is 0 Å². The molecule has 4 heteroatoms. The zero-order valence-electron chi connectivity index (χ0n) is 4.68. The van der Waals surface area contributed by atoms with Gasteiger partial charge in [0.2, 0.25) is 0 Å². The molecule has 0 amide bonds. The Bertz CT molecular complexity index is 204. The fraction of sp³-hybridized carbons (Fsp3) is 0.200. The molecule has 0 aliphatic carbocycles. The summed E-state index contributed by atoms with van der Waals surface area (Å²) in [6.45, 7) is 0.828. The third-order valence-corrected chi connectivity index (χ3v) is 3.46. The molecule has 2 aliphatic rings. The van der Waals surface area contributed by atoms with Crippen molar-refractivity contribution in [1.82, 2.24) is 5.32 Å². The van der Waals surface area contributed by atoms with Gasteiger partial charge in [0, 0.05) is 11.1 Å². The quantitative estimate of drug-likeness (QED) is 0.516. The van der Waals surface area contributed by atoms with Gasteiger partial charge in [-0.2, -0.15) is 0 Å². The summed E-state index contributed by atoms with van der Waals surface area (Å²) < 4.78 is 0. The van der Waals surface area contributed by atoms with E-state index in [1.54, 1.807) is 21.6 Å². The van der Waals surface area contributed by atoms with Crippen LogP contribution in [0.3, 0.4) is 0 Å². The highest BCUT2D eigenvalue weighted by Crippen LogP contribution is 2.45. The highest BCUT2D eigenvalue weighted by atomic mass is 33.1. The summed E-state index contributed by atoms with van der Waals surface area (Å²) in [5.41, 5.74) is 7.86. The highest BCUT2D eigenvalue weighted by molar-refractivity contribution is 8.79. The topological polar surface area (TPSA) is 38.0 Å². The minimum absolute atomic E-state index is 0.828. The summed E-state index contributed by atoms with van der Waals surface area (Å²) in [7, 11) is 3.46. The lowest BCUT2D eigenvalue weighted by molar-refractivity contribution is 0.946. The Morgan fingerprint density at radius 2 is 2.56 bits per heavy atom. The Morgan fingerprint density at radius 3 is 3.33 bits per heavy atom. The lowest BCUT2D eigenvalue weighted by atomic mass is 10.4. The Morgan fingerprint density at radius 1 is 1.67 bits per heavy atom. The lowest BCUT2D eigenvalue weighted by Crippen LogP contribution is -2.09. The van der Waals surface area contributed by atoms with E-state index in [0.29, 0.717) is 0 Å². The predicted molar refractivity (Wildman–Crippen MR) is 42.5 cm³/mol. The number of rotatable bonds is 0. The van der Waals surface area contributed by atoms with Crippen LogP contribution < -0.4 is 11.1 Å². The first-order valence-corrected chi connectivity index (χ1v) is 4.85. The van der Waals surface area contributed by atoms with E-state index in [1.165, 1.54) is 10.6 Å². The van der Waals surface area contributed by atoms with Crippen molar-refractivity contribution in [3.8, 4) is 0 Å². The average molecular weight is 158 g/mol. The van der Waals surface area contributed by atoms with Crippen molar-refractivity contribution in [2.24, 2.45) is 5.73 Å². The van der Waals surface area contributed by atoms with Crippen molar-refractivity contribution >= 4 is 21.6 Å². The molecule has 0 radical (unpaired) electrons. The fourth-order valence-electron chi connectivity index (χ4n) is 0.838. The van der Waals surface area contributed by atoms with E-state index in [4.69, 9.17) is 5.73 Å². The molecule has 0 saturated carbocycles. The molecule has 0 aromatic heterocycles. The van der Waals surface area contributed by atoms with Gasteiger partial charge in [-0.15, -0.1) is 0 Å². The smallest absolute Gasteiger partial charge is 0.0629 e. The van der Waals surface area contributed by atoms with Gasteiger partial charge < -0.3 is 11.1 Å². The van der Waals surface area contributed by atoms with Gasteiger partial charge >= 0.3 is 0 Å². The van der Waals surface area contributed by atoms with Crippen molar-refractivity contribution in [2.75, 3.05) is 6.54 Å². The van der Waals surface area contributed by atoms with Crippen LogP contribution in [0.2, 0.25) is 0 Å². The molecule has 0 aromatic carbocycles. The van der Waals surface area contributed by atoms with Gasteiger partial charge in [0.25, 0.3) is 0 Å². The molecule has 0 bridgehead atoms. The van der Waals surface area contributed by atoms with Crippen LogP contribution in [0.25, 0.3) is 0 Å². The van der Waals surface area contributed by atoms with E-state index in [1.807, 2.05) is 0 Å². The number of hydrogen-bond acceptors (Lipinski definition) is 4. The van der Waals surface area contributed by atoms with Crippen molar-refractivity contribution in [3.63, 3.8) is 0 Å². The highest BCUT2D eigenvalue weighted by Gasteiger charge is 2.21. The van der Waals surface area contributed by atoms with Crippen molar-refractivity contribution < 1.29 is 0 Å². The van der Waals surface area contributed by atoms with Crippen LogP contribution in [0.4, 0.5) is 0 Å². The largest absolute Gasteiger partial charge is 0.400 e. The van der Waals surface area contributed by atoms with Crippen molar-refractivity contribution in [1.29, 1.82) is 0 Å². The predicted octanol–water partition coefficient (Wildman–Crippen LogP) is 0.996. The Labute approximate surface area is 61.3 Å². The molecule has 2 aliphatic heterocycles. The maximum absolute atomic E-state index is 5.66. The number of nitrogens with two attached hydrogens (primary N) is 1. The molecule has 2 nitrogen and oxygen atoms in total. The molecular formula is C5H6N2S2. The average Bonchev–Trinajstić information content (AvgIpc) is 2.35. The molecular weight excluding hydrogens is 152 g/mol. The third-order valence-electron chi connectivity index (χ3n) is 1.30. The van der Waals surface area contributed by atoms with E-state index in [0.717, 1.165) is 12.2 Å². The van der Waals surface area contributed by atoms with Crippen LogP contribution in [-0.2, 0) is 0 Å². The van der Waals surface area contributed by atoms with Gasteiger partial charge in [-0.1, -0.05) is 10.8 Å². The zero-order chi connectivity index (χ0) is 6.27. The zero-order valence-corrected chi connectivity index (χ0v) is 6.31. The van der Waals surface area contributed by atoms with Gasteiger partial charge in [-0.25, -0.2) is 0 Å². The monoisotopic (exact) mass is 158 g/mol. The fourth-order valence-corrected chi connectivity index (χ4v) is 3.07. The summed E-state index contributed by atoms with van der Waals surface area (Å²) in [6, 6.07) is 0. The second kappa shape index (κ2) is 1.88. The van der Waals surface area contributed by atoms with Crippen LogP contribution in [-0.4, -0.2) is 6.54 Å². The van der Waals surface area contributed by atoms with Crippen LogP contribution in [0.5, 0.6) is 0 Å². The summed E-state index contributed by atoms with van der Waals surface area (Å²) >= 11 is 0. The second-order valence-electron chi connectivity index (χ2n) is 1.92. The third kappa shape index (κ3) is 0.737. The maximum atomic E-state index is 5.66. The molecule has 48 valence electrons. The second-order valence-corrected chi connectivity index (χ2v) is 4.00. The van der Waals surface area contributed by atoms with Gasteiger partial charge in [0.1, 0.15) is 0 Å². The van der Waals surface area contributed by atoms with Crippen molar-refractivity contribution in [2.45, 2.75) is 0 Å². The lowest BCUT2D eigenvalue weighted by Gasteiger charge is -1.90. The summed E-state index contributed by atoms with van der Waals surface area (Å²) in [6.07, 6.45) is 0. The van der Waals surface area contributed by atoms with Crippen LogP contribution in [0.1, 0.15) is 0 Å². The minimum Gasteiger partial charge on any atom is -0.400 e. The van der Waals surface area contributed by atoms with Crippen molar-refractivity contribution in [3.05, 3.63) is 21.7 Å². The summed E-state index contributed by atoms with van der Waals surface area (Å²) in [5, 5.41) is 5.29. The summed E-state index contributed by atoms with van der Waals surface area (Å²) in [5.74, 6) is 0. The standard InChI is InChI=1S/C5H6N2S2/c6-3-1-7-4-2-8-9-5(3)4/h2,7H,1,6H2. The first-order chi connectivity index (χ1) is 4.38. The first kappa shape index (κ1) is 5.56. The SMILES string of the molecule is NC1=C2SSC=C2NC1. The van der Waals surface area contributed by atoms with Gasteiger partial charge in [-0.05, 0) is 10.8 Å². The number of fused-ring (bicyclic) bond motifs is 1. The molecule has 0 saturated heterocycles. The molecule has 9 heavy (non-hydrogen) atoms. The first-order valence-electron chi connectivity index (χ1n) is 2.64. The molecule has 3 N–H and O–H groups in total.